The summed E-state index contributed by atoms with van der Waals surface area (Å²) in [6.45, 7) is 0. The highest BCUT2D eigenvalue weighted by atomic mass is 16.5. The van der Waals surface area contributed by atoms with Crippen molar-refractivity contribution >= 4 is 21.8 Å². The smallest absolute Gasteiger partial charge is 0.119 e. The second-order valence-electron chi connectivity index (χ2n) is 5.70. The van der Waals surface area contributed by atoms with Crippen molar-refractivity contribution in [3.8, 4) is 22.6 Å². The van der Waals surface area contributed by atoms with Gasteiger partial charge < -0.3 is 14.4 Å². The van der Waals surface area contributed by atoms with Crippen LogP contribution in [0.2, 0.25) is 0 Å². The third-order valence-corrected chi connectivity index (χ3v) is 4.38. The van der Waals surface area contributed by atoms with Gasteiger partial charge >= 0.3 is 0 Å². The van der Waals surface area contributed by atoms with Crippen LogP contribution < -0.4 is 4.74 Å². The first kappa shape index (κ1) is 13.7. The van der Waals surface area contributed by atoms with E-state index >= 15 is 0 Å². The molecule has 1 N–H and O–H groups in total. The molecule has 114 valence electrons. The number of hydrogen-bond donors (Lipinski definition) is 1. The Kier molecular flexibility index (Phi) is 3.01. The molecule has 0 aliphatic rings. The number of phenols is 1. The molecule has 0 saturated carbocycles. The van der Waals surface area contributed by atoms with Gasteiger partial charge in [-0.15, -0.1) is 0 Å². The van der Waals surface area contributed by atoms with Gasteiger partial charge in [0, 0.05) is 29.4 Å². The molecule has 0 radical (unpaired) electrons. The molecule has 0 aliphatic heterocycles. The van der Waals surface area contributed by atoms with E-state index in [1.807, 2.05) is 43.4 Å². The first-order valence-corrected chi connectivity index (χ1v) is 7.53. The lowest BCUT2D eigenvalue weighted by atomic mass is 9.99. The SMILES string of the molecule is COc1ccc2c(c1)c1c(-c3ccccc3)cc(O)cc1n2C. The topological polar surface area (TPSA) is 34.4 Å². The molecule has 3 heteroatoms. The number of fused-ring (bicyclic) bond motifs is 3. The molecule has 0 aliphatic carbocycles. The summed E-state index contributed by atoms with van der Waals surface area (Å²) >= 11 is 0. The second-order valence-corrected chi connectivity index (χ2v) is 5.70. The molecule has 0 fully saturated rings. The van der Waals surface area contributed by atoms with Crippen molar-refractivity contribution in [2.24, 2.45) is 7.05 Å². The zero-order valence-electron chi connectivity index (χ0n) is 13.1. The molecule has 1 aromatic heterocycles. The second kappa shape index (κ2) is 5.06. The van der Waals surface area contributed by atoms with E-state index in [0.717, 1.165) is 38.7 Å². The van der Waals surface area contributed by atoms with Gasteiger partial charge in [0.2, 0.25) is 0 Å². The van der Waals surface area contributed by atoms with E-state index in [2.05, 4.69) is 28.8 Å². The predicted molar refractivity (Wildman–Crippen MR) is 94.1 cm³/mol. The molecule has 0 bridgehead atoms. The van der Waals surface area contributed by atoms with Crippen LogP contribution in [0, 0.1) is 0 Å². The summed E-state index contributed by atoms with van der Waals surface area (Å²) in [5, 5.41) is 12.4. The van der Waals surface area contributed by atoms with E-state index in [0.29, 0.717) is 0 Å². The molecule has 3 aromatic carbocycles. The van der Waals surface area contributed by atoms with Crippen molar-refractivity contribution in [1.82, 2.24) is 4.57 Å². The standard InChI is InChI=1S/C20H17NO2/c1-21-18-9-8-15(23-2)12-17(18)20-16(10-14(22)11-19(20)21)13-6-4-3-5-7-13/h3-12,22H,1-2H3. The summed E-state index contributed by atoms with van der Waals surface area (Å²) in [7, 11) is 3.70. The third kappa shape index (κ3) is 2.05. The van der Waals surface area contributed by atoms with Crippen LogP contribution in [0.25, 0.3) is 32.9 Å². The minimum atomic E-state index is 0.272. The molecule has 4 rings (SSSR count). The van der Waals surface area contributed by atoms with Gasteiger partial charge in [0.15, 0.2) is 0 Å². The minimum absolute atomic E-state index is 0.272. The van der Waals surface area contributed by atoms with Gasteiger partial charge in [-0.05, 0) is 35.4 Å². The van der Waals surface area contributed by atoms with Crippen molar-refractivity contribution < 1.29 is 9.84 Å². The lowest BCUT2D eigenvalue weighted by molar-refractivity contribution is 0.415. The van der Waals surface area contributed by atoms with Crippen LogP contribution in [-0.2, 0) is 7.05 Å². The Morgan fingerprint density at radius 2 is 1.70 bits per heavy atom. The summed E-state index contributed by atoms with van der Waals surface area (Å²) in [6.07, 6.45) is 0. The van der Waals surface area contributed by atoms with E-state index in [-0.39, 0.29) is 5.75 Å². The fourth-order valence-corrected chi connectivity index (χ4v) is 3.27. The highest BCUT2D eigenvalue weighted by Crippen LogP contribution is 2.39. The Morgan fingerprint density at radius 1 is 0.913 bits per heavy atom. The van der Waals surface area contributed by atoms with Gasteiger partial charge in [-0.3, -0.25) is 0 Å². The van der Waals surface area contributed by atoms with E-state index in [1.54, 1.807) is 7.11 Å². The molecule has 3 nitrogen and oxygen atoms in total. The molecule has 1 heterocycles. The third-order valence-electron chi connectivity index (χ3n) is 4.38. The molecule has 0 amide bonds. The average Bonchev–Trinajstić information content (AvgIpc) is 2.87. The lowest BCUT2D eigenvalue weighted by Gasteiger charge is -2.07. The number of aromatic hydroxyl groups is 1. The number of nitrogens with zero attached hydrogens (tertiary/aromatic N) is 1. The van der Waals surface area contributed by atoms with Crippen LogP contribution in [0.5, 0.6) is 11.5 Å². The van der Waals surface area contributed by atoms with Crippen molar-refractivity contribution in [3.05, 3.63) is 60.7 Å². The molecule has 4 aromatic rings. The summed E-state index contributed by atoms with van der Waals surface area (Å²) in [5.41, 5.74) is 4.24. The molecular weight excluding hydrogens is 286 g/mol. The maximum atomic E-state index is 10.2. The first-order valence-electron chi connectivity index (χ1n) is 7.53. The monoisotopic (exact) mass is 303 g/mol. The molecular formula is C20H17NO2. The maximum Gasteiger partial charge on any atom is 0.119 e. The lowest BCUT2D eigenvalue weighted by Crippen LogP contribution is -1.87. The molecule has 0 atom stereocenters. The minimum Gasteiger partial charge on any atom is -0.508 e. The fraction of sp³-hybridized carbons (Fsp3) is 0.100. The van der Waals surface area contributed by atoms with Crippen LogP contribution in [0.15, 0.2) is 60.7 Å². The van der Waals surface area contributed by atoms with E-state index < -0.39 is 0 Å². The first-order chi connectivity index (χ1) is 11.2. The Balaban J connectivity index is 2.20. The summed E-state index contributed by atoms with van der Waals surface area (Å²) < 4.78 is 7.50. The maximum absolute atomic E-state index is 10.2. The molecule has 0 spiro atoms. The number of methoxy groups -OCH3 is 1. The van der Waals surface area contributed by atoms with E-state index in [4.69, 9.17) is 4.74 Å². The number of rotatable bonds is 2. The molecule has 23 heavy (non-hydrogen) atoms. The van der Waals surface area contributed by atoms with E-state index in [9.17, 15) is 5.11 Å². The van der Waals surface area contributed by atoms with Crippen molar-refractivity contribution in [3.63, 3.8) is 0 Å². The Morgan fingerprint density at radius 3 is 2.43 bits per heavy atom. The summed E-state index contributed by atoms with van der Waals surface area (Å²) in [6, 6.07) is 19.9. The quantitative estimate of drug-likeness (QED) is 0.582. The van der Waals surface area contributed by atoms with Crippen molar-refractivity contribution in [2.75, 3.05) is 7.11 Å². The van der Waals surface area contributed by atoms with Crippen LogP contribution in [0.4, 0.5) is 0 Å². The number of hydrogen-bond acceptors (Lipinski definition) is 2. The summed E-state index contributed by atoms with van der Waals surface area (Å²) in [4.78, 5) is 0. The molecule has 0 saturated heterocycles. The van der Waals surface area contributed by atoms with Crippen LogP contribution in [0.1, 0.15) is 0 Å². The fourth-order valence-electron chi connectivity index (χ4n) is 3.27. The van der Waals surface area contributed by atoms with E-state index in [1.165, 1.54) is 0 Å². The highest BCUT2D eigenvalue weighted by molar-refractivity contribution is 6.15. The summed E-state index contributed by atoms with van der Waals surface area (Å²) in [5.74, 6) is 1.10. The number of ether oxygens (including phenoxy) is 1. The van der Waals surface area contributed by atoms with Gasteiger partial charge in [-0.25, -0.2) is 0 Å². The number of aryl methyl sites for hydroxylation is 1. The number of benzene rings is 3. The van der Waals surface area contributed by atoms with Gasteiger partial charge in [-0.2, -0.15) is 0 Å². The zero-order valence-corrected chi connectivity index (χ0v) is 13.1. The number of aromatic nitrogens is 1. The Bertz CT molecular complexity index is 1020. The highest BCUT2D eigenvalue weighted by Gasteiger charge is 2.15. The number of phenolic OH excluding ortho intramolecular Hbond substituents is 1. The van der Waals surface area contributed by atoms with Gasteiger partial charge in [0.25, 0.3) is 0 Å². The van der Waals surface area contributed by atoms with Crippen molar-refractivity contribution in [2.45, 2.75) is 0 Å². The van der Waals surface area contributed by atoms with Crippen LogP contribution in [-0.4, -0.2) is 16.8 Å². The molecule has 0 unspecified atom stereocenters. The predicted octanol–water partition coefficient (Wildman–Crippen LogP) is 4.71. The van der Waals surface area contributed by atoms with Gasteiger partial charge in [-0.1, -0.05) is 30.3 Å². The van der Waals surface area contributed by atoms with Gasteiger partial charge in [0.1, 0.15) is 11.5 Å². The van der Waals surface area contributed by atoms with Gasteiger partial charge in [0.05, 0.1) is 12.6 Å². The Labute approximate surface area is 134 Å². The zero-order chi connectivity index (χ0) is 16.0. The van der Waals surface area contributed by atoms with Crippen LogP contribution >= 0.6 is 0 Å². The van der Waals surface area contributed by atoms with Crippen molar-refractivity contribution in [1.29, 1.82) is 0 Å². The largest absolute Gasteiger partial charge is 0.508 e. The normalized spacial score (nSPS) is 11.2. The van der Waals surface area contributed by atoms with Crippen LogP contribution in [0.3, 0.4) is 0 Å². The Hall–Kier alpha value is -2.94. The average molecular weight is 303 g/mol.